The molecular formula is C7H11O2. The van der Waals surface area contributed by atoms with E-state index in [0.717, 1.165) is 5.57 Å². The number of carbonyl (C=O) groups excluding carboxylic acids is 1. The van der Waals surface area contributed by atoms with Gasteiger partial charge in [0.2, 0.25) is 0 Å². The first-order valence-corrected chi connectivity index (χ1v) is 2.82. The van der Waals surface area contributed by atoms with Crippen LogP contribution < -0.4 is 0 Å². The monoisotopic (exact) mass is 127 g/mol. The third-order valence-corrected chi connectivity index (χ3v) is 1.23. The lowest BCUT2D eigenvalue weighted by molar-refractivity contribution is 0.247. The van der Waals surface area contributed by atoms with Crippen molar-refractivity contribution in [3.63, 3.8) is 0 Å². The van der Waals surface area contributed by atoms with Gasteiger partial charge in [-0.15, -0.1) is 0 Å². The molecule has 0 N–H and O–H groups in total. The largest absolute Gasteiger partial charge is 0.457 e. The third kappa shape index (κ3) is 3.76. The van der Waals surface area contributed by atoms with Crippen LogP contribution in [0.15, 0.2) is 12.2 Å². The van der Waals surface area contributed by atoms with Crippen molar-refractivity contribution in [2.45, 2.75) is 13.8 Å². The fraction of sp³-hybridized carbons (Fsp3) is 0.571. The summed E-state index contributed by atoms with van der Waals surface area (Å²) in [7, 11) is 0. The van der Waals surface area contributed by atoms with Crippen LogP contribution in [-0.2, 0) is 9.53 Å². The van der Waals surface area contributed by atoms with E-state index in [1.165, 1.54) is 6.47 Å². The molecule has 9 heavy (non-hydrogen) atoms. The molecule has 1 radical (unpaired) electrons. The maximum absolute atomic E-state index is 9.56. The highest BCUT2D eigenvalue weighted by Gasteiger charge is 2.00. The first-order chi connectivity index (χ1) is 4.18. The van der Waals surface area contributed by atoms with E-state index < -0.39 is 0 Å². The lowest BCUT2D eigenvalue weighted by atomic mass is 10.1. The molecule has 1 atom stereocenters. The van der Waals surface area contributed by atoms with Crippen LogP contribution in [0.3, 0.4) is 0 Å². The van der Waals surface area contributed by atoms with Crippen molar-refractivity contribution in [1.29, 1.82) is 0 Å². The number of hydrogen-bond acceptors (Lipinski definition) is 2. The topological polar surface area (TPSA) is 26.3 Å². The molecule has 0 aromatic rings. The molecule has 0 fully saturated rings. The second kappa shape index (κ2) is 4.13. The van der Waals surface area contributed by atoms with Gasteiger partial charge in [-0.1, -0.05) is 19.1 Å². The van der Waals surface area contributed by atoms with Gasteiger partial charge in [0.05, 0.1) is 6.61 Å². The molecule has 0 aliphatic carbocycles. The second-order valence-corrected chi connectivity index (χ2v) is 2.14. The van der Waals surface area contributed by atoms with Crippen molar-refractivity contribution >= 4 is 6.47 Å². The molecule has 0 saturated carbocycles. The average molecular weight is 127 g/mol. The minimum atomic E-state index is 0.242. The summed E-state index contributed by atoms with van der Waals surface area (Å²) in [6.45, 7) is 9.29. The van der Waals surface area contributed by atoms with E-state index in [4.69, 9.17) is 0 Å². The van der Waals surface area contributed by atoms with E-state index in [9.17, 15) is 4.79 Å². The van der Waals surface area contributed by atoms with Gasteiger partial charge in [-0.25, -0.2) is 4.79 Å². The molecule has 2 heteroatoms. The van der Waals surface area contributed by atoms with Crippen LogP contribution in [0.5, 0.6) is 0 Å². The molecule has 0 aromatic carbocycles. The molecule has 0 saturated heterocycles. The van der Waals surface area contributed by atoms with E-state index in [2.05, 4.69) is 11.3 Å². The van der Waals surface area contributed by atoms with Gasteiger partial charge in [0, 0.05) is 5.92 Å². The predicted octanol–water partition coefficient (Wildman–Crippen LogP) is 1.28. The van der Waals surface area contributed by atoms with Gasteiger partial charge in [-0.3, -0.25) is 0 Å². The summed E-state index contributed by atoms with van der Waals surface area (Å²) in [5.74, 6) is 0.242. The SMILES string of the molecule is C=C(C)C(C)CO[C]=O. The highest BCUT2D eigenvalue weighted by atomic mass is 16.5. The van der Waals surface area contributed by atoms with Gasteiger partial charge in [-0.05, 0) is 6.92 Å². The Kier molecular flexibility index (Phi) is 3.76. The summed E-state index contributed by atoms with van der Waals surface area (Å²) in [5.41, 5.74) is 1.02. The lowest BCUT2D eigenvalue weighted by Crippen LogP contribution is -2.04. The fourth-order valence-corrected chi connectivity index (χ4v) is 0.301. The van der Waals surface area contributed by atoms with Gasteiger partial charge in [0.1, 0.15) is 0 Å². The van der Waals surface area contributed by atoms with Gasteiger partial charge in [-0.2, -0.15) is 0 Å². The van der Waals surface area contributed by atoms with Crippen molar-refractivity contribution in [2.75, 3.05) is 6.61 Å². The highest BCUT2D eigenvalue weighted by Crippen LogP contribution is 2.05. The van der Waals surface area contributed by atoms with Crippen LogP contribution in [0.4, 0.5) is 0 Å². The third-order valence-electron chi connectivity index (χ3n) is 1.23. The summed E-state index contributed by atoms with van der Waals surface area (Å²) >= 11 is 0. The number of hydrogen-bond donors (Lipinski definition) is 0. The standard InChI is InChI=1S/C7H11O2/c1-6(2)7(3)4-9-5-8/h7H,1,4H2,2-3H3. The highest BCUT2D eigenvalue weighted by molar-refractivity contribution is 5.38. The van der Waals surface area contributed by atoms with Crippen molar-refractivity contribution in [1.82, 2.24) is 0 Å². The molecular weight excluding hydrogens is 116 g/mol. The average Bonchev–Trinajstić information content (AvgIpc) is 1.82. The Labute approximate surface area is 55.5 Å². The van der Waals surface area contributed by atoms with Gasteiger partial charge < -0.3 is 4.74 Å². The predicted molar refractivity (Wildman–Crippen MR) is 35.6 cm³/mol. The maximum Gasteiger partial charge on any atom is 0.417 e. The van der Waals surface area contributed by atoms with Crippen LogP contribution in [0, 0.1) is 5.92 Å². The Morgan fingerprint density at radius 2 is 2.44 bits per heavy atom. The summed E-state index contributed by atoms with van der Waals surface area (Å²) in [4.78, 5) is 9.56. The van der Waals surface area contributed by atoms with Gasteiger partial charge in [0.15, 0.2) is 0 Å². The van der Waals surface area contributed by atoms with Crippen molar-refractivity contribution in [3.8, 4) is 0 Å². The first-order valence-electron chi connectivity index (χ1n) is 2.82. The van der Waals surface area contributed by atoms with Crippen LogP contribution >= 0.6 is 0 Å². The molecule has 2 nitrogen and oxygen atoms in total. The molecule has 0 heterocycles. The minimum Gasteiger partial charge on any atom is -0.457 e. The zero-order valence-corrected chi connectivity index (χ0v) is 5.81. The number of ether oxygens (including phenoxy) is 1. The Morgan fingerprint density at radius 3 is 2.78 bits per heavy atom. The maximum atomic E-state index is 9.56. The molecule has 0 spiro atoms. The summed E-state index contributed by atoms with van der Waals surface area (Å²) in [6, 6.07) is 0. The Balaban J connectivity index is 3.37. The molecule has 51 valence electrons. The summed E-state index contributed by atoms with van der Waals surface area (Å²) in [5, 5.41) is 0. The minimum absolute atomic E-state index is 0.242. The normalized spacial score (nSPS) is 12.2. The first kappa shape index (κ1) is 8.21. The molecule has 0 bridgehead atoms. The van der Waals surface area contributed by atoms with Crippen LogP contribution in [0.2, 0.25) is 0 Å². The molecule has 0 aliphatic rings. The van der Waals surface area contributed by atoms with Crippen molar-refractivity contribution in [3.05, 3.63) is 12.2 Å². The van der Waals surface area contributed by atoms with E-state index >= 15 is 0 Å². The van der Waals surface area contributed by atoms with E-state index in [1.54, 1.807) is 0 Å². The van der Waals surface area contributed by atoms with Crippen LogP contribution in [-0.4, -0.2) is 13.1 Å². The van der Waals surface area contributed by atoms with Crippen molar-refractivity contribution < 1.29 is 9.53 Å². The van der Waals surface area contributed by atoms with Crippen LogP contribution in [0.1, 0.15) is 13.8 Å². The van der Waals surface area contributed by atoms with Gasteiger partial charge >= 0.3 is 6.47 Å². The zero-order valence-electron chi connectivity index (χ0n) is 5.81. The quantitative estimate of drug-likeness (QED) is 0.532. The van der Waals surface area contributed by atoms with E-state index in [-0.39, 0.29) is 5.92 Å². The van der Waals surface area contributed by atoms with Crippen molar-refractivity contribution in [2.24, 2.45) is 5.92 Å². The zero-order chi connectivity index (χ0) is 7.28. The molecule has 1 unspecified atom stereocenters. The molecule has 0 amide bonds. The molecule has 0 aliphatic heterocycles. The summed E-state index contributed by atoms with van der Waals surface area (Å²) < 4.78 is 4.39. The summed E-state index contributed by atoms with van der Waals surface area (Å²) in [6.07, 6.45) is 0. The van der Waals surface area contributed by atoms with Crippen LogP contribution in [0.25, 0.3) is 0 Å². The smallest absolute Gasteiger partial charge is 0.417 e. The van der Waals surface area contributed by atoms with Gasteiger partial charge in [0.25, 0.3) is 0 Å². The Hall–Kier alpha value is -0.790. The van der Waals surface area contributed by atoms with E-state index in [1.807, 2.05) is 13.8 Å². The lowest BCUT2D eigenvalue weighted by Gasteiger charge is -2.06. The molecule has 0 rings (SSSR count). The number of rotatable bonds is 4. The Morgan fingerprint density at radius 1 is 1.89 bits per heavy atom. The molecule has 0 aromatic heterocycles. The Bertz CT molecular complexity index is 107. The van der Waals surface area contributed by atoms with E-state index in [0.29, 0.717) is 6.61 Å². The fourth-order valence-electron chi connectivity index (χ4n) is 0.301. The second-order valence-electron chi connectivity index (χ2n) is 2.14.